The van der Waals surface area contributed by atoms with E-state index in [2.05, 4.69) is 21.2 Å². The van der Waals surface area contributed by atoms with Crippen LogP contribution >= 0.6 is 27.3 Å². The number of carbonyl (C=O) groups is 2. The second-order valence-electron chi connectivity index (χ2n) is 3.98. The van der Waals surface area contributed by atoms with Crippen LogP contribution in [0.3, 0.4) is 0 Å². The average Bonchev–Trinajstić information content (AvgIpc) is 2.61. The minimum atomic E-state index is -0.954. The molecule has 0 saturated carbocycles. The largest absolute Gasteiger partial charge is 0.481 e. The normalized spacial score (nSPS) is 11.2. The number of carboxylic acids is 1. The summed E-state index contributed by atoms with van der Waals surface area (Å²) in [6.45, 7) is 3.25. The minimum absolute atomic E-state index is 0.108. The van der Waals surface area contributed by atoms with E-state index in [-0.39, 0.29) is 12.5 Å². The lowest BCUT2D eigenvalue weighted by Gasteiger charge is -2.19. The molecule has 1 heterocycles. The smallest absolute Gasteiger partial charge is 0.310 e. The van der Waals surface area contributed by atoms with Gasteiger partial charge in [-0.15, -0.1) is 11.3 Å². The number of carboxylic acid groups (broad SMARTS) is 1. The molecule has 6 heteroatoms. The number of thiophene rings is 1. The van der Waals surface area contributed by atoms with Crippen LogP contribution in [0.4, 0.5) is 0 Å². The van der Waals surface area contributed by atoms with E-state index in [1.54, 1.807) is 26.0 Å². The number of nitrogens with one attached hydrogen (secondary N) is 1. The van der Waals surface area contributed by atoms with E-state index in [0.717, 1.165) is 3.79 Å². The predicted molar refractivity (Wildman–Crippen MR) is 65.8 cm³/mol. The van der Waals surface area contributed by atoms with Gasteiger partial charge in [-0.05, 0) is 41.9 Å². The van der Waals surface area contributed by atoms with Crippen molar-refractivity contribution >= 4 is 39.1 Å². The first-order valence-electron chi connectivity index (χ1n) is 4.60. The van der Waals surface area contributed by atoms with Gasteiger partial charge in [0.1, 0.15) is 0 Å². The molecule has 0 spiro atoms. The van der Waals surface area contributed by atoms with E-state index in [9.17, 15) is 9.59 Å². The van der Waals surface area contributed by atoms with Crippen LogP contribution in [0.5, 0.6) is 0 Å². The highest BCUT2D eigenvalue weighted by molar-refractivity contribution is 9.11. The molecule has 0 aromatic carbocycles. The average molecular weight is 306 g/mol. The molecule has 1 aromatic heterocycles. The van der Waals surface area contributed by atoms with Crippen LogP contribution in [0.15, 0.2) is 15.9 Å². The molecule has 16 heavy (non-hydrogen) atoms. The van der Waals surface area contributed by atoms with Crippen molar-refractivity contribution in [2.75, 3.05) is 6.54 Å². The summed E-state index contributed by atoms with van der Waals surface area (Å²) >= 11 is 4.57. The molecule has 0 aliphatic carbocycles. The quantitative estimate of drug-likeness (QED) is 0.897. The van der Waals surface area contributed by atoms with Crippen molar-refractivity contribution in [1.29, 1.82) is 0 Å². The van der Waals surface area contributed by atoms with Crippen LogP contribution in [0.1, 0.15) is 23.5 Å². The first-order valence-corrected chi connectivity index (χ1v) is 6.21. The molecule has 88 valence electrons. The molecule has 0 radical (unpaired) electrons. The second-order valence-corrected chi connectivity index (χ2v) is 6.44. The van der Waals surface area contributed by atoms with Crippen molar-refractivity contribution in [1.82, 2.24) is 5.32 Å². The van der Waals surface area contributed by atoms with Gasteiger partial charge in [-0.1, -0.05) is 0 Å². The van der Waals surface area contributed by atoms with E-state index in [1.165, 1.54) is 11.3 Å². The summed E-state index contributed by atoms with van der Waals surface area (Å²) in [7, 11) is 0. The van der Waals surface area contributed by atoms with Gasteiger partial charge >= 0.3 is 5.97 Å². The molecular formula is C10H12BrNO3S. The molecule has 2 N–H and O–H groups in total. The summed E-state index contributed by atoms with van der Waals surface area (Å²) < 4.78 is 0.871. The van der Waals surface area contributed by atoms with E-state index in [4.69, 9.17) is 5.11 Å². The van der Waals surface area contributed by atoms with Crippen LogP contribution in [0.2, 0.25) is 0 Å². The third kappa shape index (κ3) is 3.31. The summed E-state index contributed by atoms with van der Waals surface area (Å²) in [5, 5.41) is 11.5. The highest BCUT2D eigenvalue weighted by Crippen LogP contribution is 2.22. The molecule has 0 bridgehead atoms. The Kier molecular flexibility index (Phi) is 4.09. The Morgan fingerprint density at radius 3 is 2.56 bits per heavy atom. The van der Waals surface area contributed by atoms with Gasteiger partial charge < -0.3 is 10.4 Å². The van der Waals surface area contributed by atoms with Crippen LogP contribution in [-0.4, -0.2) is 23.5 Å². The Labute approximate surface area is 106 Å². The number of carbonyl (C=O) groups excluding carboxylic acids is 1. The maximum absolute atomic E-state index is 11.6. The van der Waals surface area contributed by atoms with Crippen LogP contribution in [0, 0.1) is 5.41 Å². The number of halogens is 1. The Hall–Kier alpha value is -0.880. The number of aliphatic carboxylic acids is 1. The fraction of sp³-hybridized carbons (Fsp3) is 0.400. The summed E-state index contributed by atoms with van der Waals surface area (Å²) in [5.74, 6) is -1.18. The highest BCUT2D eigenvalue weighted by atomic mass is 79.9. The first-order chi connectivity index (χ1) is 7.33. The van der Waals surface area contributed by atoms with Crippen LogP contribution < -0.4 is 5.32 Å². The third-order valence-corrected chi connectivity index (χ3v) is 3.69. The summed E-state index contributed by atoms with van der Waals surface area (Å²) in [5.41, 5.74) is -0.954. The Bertz CT molecular complexity index is 414. The van der Waals surface area contributed by atoms with Crippen LogP contribution in [0.25, 0.3) is 0 Å². The number of hydrogen-bond acceptors (Lipinski definition) is 3. The van der Waals surface area contributed by atoms with E-state index in [0.29, 0.717) is 4.88 Å². The molecule has 1 amide bonds. The minimum Gasteiger partial charge on any atom is -0.481 e. The predicted octanol–water partition coefficient (Wildman–Crippen LogP) is 2.35. The number of rotatable bonds is 4. The van der Waals surface area contributed by atoms with E-state index in [1.807, 2.05) is 0 Å². The zero-order valence-corrected chi connectivity index (χ0v) is 11.3. The van der Waals surface area contributed by atoms with Gasteiger partial charge in [0.05, 0.1) is 14.1 Å². The summed E-state index contributed by atoms with van der Waals surface area (Å²) in [4.78, 5) is 23.0. The zero-order chi connectivity index (χ0) is 12.3. The monoisotopic (exact) mass is 305 g/mol. The molecule has 4 nitrogen and oxygen atoms in total. The fourth-order valence-corrected chi connectivity index (χ4v) is 2.20. The van der Waals surface area contributed by atoms with Gasteiger partial charge in [-0.3, -0.25) is 9.59 Å². The molecule has 0 aliphatic rings. The standard InChI is InChI=1S/C10H12BrNO3S/c1-10(2,9(14)15)5-12-8(13)6-3-4-7(11)16-6/h3-4H,5H2,1-2H3,(H,12,13)(H,14,15). The van der Waals surface area contributed by atoms with Crippen LogP contribution in [-0.2, 0) is 4.79 Å². The molecule has 1 rings (SSSR count). The lowest BCUT2D eigenvalue weighted by Crippen LogP contribution is -2.38. The number of hydrogen-bond donors (Lipinski definition) is 2. The van der Waals surface area contributed by atoms with E-state index < -0.39 is 11.4 Å². The zero-order valence-electron chi connectivity index (χ0n) is 8.91. The molecule has 1 aromatic rings. The summed E-state index contributed by atoms with van der Waals surface area (Å²) in [6, 6.07) is 3.47. The van der Waals surface area contributed by atoms with E-state index >= 15 is 0 Å². The third-order valence-electron chi connectivity index (χ3n) is 2.07. The SMILES string of the molecule is CC(C)(CNC(=O)c1ccc(Br)s1)C(=O)O. The van der Waals surface area contributed by atoms with Gasteiger partial charge in [-0.2, -0.15) is 0 Å². The molecular weight excluding hydrogens is 294 g/mol. The highest BCUT2D eigenvalue weighted by Gasteiger charge is 2.27. The van der Waals surface area contributed by atoms with Gasteiger partial charge in [-0.25, -0.2) is 0 Å². The molecule has 0 saturated heterocycles. The maximum Gasteiger partial charge on any atom is 0.310 e. The maximum atomic E-state index is 11.6. The van der Waals surface area contributed by atoms with Gasteiger partial charge in [0, 0.05) is 6.54 Å². The lowest BCUT2D eigenvalue weighted by molar-refractivity contribution is -0.146. The lowest BCUT2D eigenvalue weighted by atomic mass is 9.94. The van der Waals surface area contributed by atoms with Crippen molar-refractivity contribution in [3.8, 4) is 0 Å². The van der Waals surface area contributed by atoms with Gasteiger partial charge in [0.2, 0.25) is 0 Å². The number of amides is 1. The summed E-state index contributed by atoms with van der Waals surface area (Å²) in [6.07, 6.45) is 0. The Morgan fingerprint density at radius 2 is 2.12 bits per heavy atom. The molecule has 0 unspecified atom stereocenters. The van der Waals surface area contributed by atoms with Gasteiger partial charge in [0.15, 0.2) is 0 Å². The van der Waals surface area contributed by atoms with Gasteiger partial charge in [0.25, 0.3) is 5.91 Å². The fourth-order valence-electron chi connectivity index (χ4n) is 0.900. The van der Waals surface area contributed by atoms with Crippen molar-refractivity contribution in [2.24, 2.45) is 5.41 Å². The molecule has 0 aliphatic heterocycles. The van der Waals surface area contributed by atoms with Crippen molar-refractivity contribution in [3.63, 3.8) is 0 Å². The van der Waals surface area contributed by atoms with Crippen molar-refractivity contribution in [2.45, 2.75) is 13.8 Å². The van der Waals surface area contributed by atoms with Crippen molar-refractivity contribution in [3.05, 3.63) is 20.8 Å². The molecule has 0 fully saturated rings. The topological polar surface area (TPSA) is 66.4 Å². The van der Waals surface area contributed by atoms with Crippen molar-refractivity contribution < 1.29 is 14.7 Å². The second kappa shape index (κ2) is 4.97. The Morgan fingerprint density at radius 1 is 1.50 bits per heavy atom. The first kappa shape index (κ1) is 13.2. The Balaban J connectivity index is 2.57. The molecule has 0 atom stereocenters.